The first kappa shape index (κ1) is 15.5. The van der Waals surface area contributed by atoms with E-state index in [0.29, 0.717) is 17.8 Å². The summed E-state index contributed by atoms with van der Waals surface area (Å²) in [6.07, 6.45) is 0.308. The SMILES string of the molecule is Nc1cc(Br)c(NC(=O)Cc2cccc(Br)c2)c(Br)c1. The molecule has 2 aromatic carbocycles. The third kappa shape index (κ3) is 4.07. The van der Waals surface area contributed by atoms with Crippen LogP contribution in [0.1, 0.15) is 5.56 Å². The Kier molecular flexibility index (Phi) is 5.23. The van der Waals surface area contributed by atoms with Gasteiger partial charge in [0.15, 0.2) is 0 Å². The molecule has 0 spiro atoms. The van der Waals surface area contributed by atoms with Crippen molar-refractivity contribution in [3.05, 3.63) is 55.4 Å². The molecule has 2 aromatic rings. The van der Waals surface area contributed by atoms with Gasteiger partial charge in [-0.05, 0) is 61.7 Å². The molecule has 20 heavy (non-hydrogen) atoms. The standard InChI is InChI=1S/C14H11Br3N2O/c15-9-3-1-2-8(4-9)5-13(20)19-14-11(16)6-10(18)7-12(14)17/h1-4,6-7H,5,18H2,(H,19,20). The molecule has 0 saturated carbocycles. The lowest BCUT2D eigenvalue weighted by atomic mass is 10.1. The van der Waals surface area contributed by atoms with Crippen LogP contribution in [-0.2, 0) is 11.2 Å². The average Bonchev–Trinajstić information content (AvgIpc) is 2.33. The Balaban J connectivity index is 2.13. The van der Waals surface area contributed by atoms with E-state index >= 15 is 0 Å². The highest BCUT2D eigenvalue weighted by Gasteiger charge is 2.11. The number of rotatable bonds is 3. The molecule has 3 N–H and O–H groups in total. The number of halogens is 3. The number of nitrogen functional groups attached to an aromatic ring is 1. The van der Waals surface area contributed by atoms with E-state index in [1.807, 2.05) is 24.3 Å². The number of hydrogen-bond donors (Lipinski definition) is 2. The summed E-state index contributed by atoms with van der Waals surface area (Å²) in [5, 5.41) is 2.87. The quantitative estimate of drug-likeness (QED) is 0.647. The van der Waals surface area contributed by atoms with E-state index in [-0.39, 0.29) is 5.91 Å². The third-order valence-electron chi connectivity index (χ3n) is 2.58. The van der Waals surface area contributed by atoms with Gasteiger partial charge in [-0.25, -0.2) is 0 Å². The summed E-state index contributed by atoms with van der Waals surface area (Å²) >= 11 is 10.2. The largest absolute Gasteiger partial charge is 0.399 e. The van der Waals surface area contributed by atoms with Crippen molar-refractivity contribution in [1.29, 1.82) is 0 Å². The minimum Gasteiger partial charge on any atom is -0.399 e. The van der Waals surface area contributed by atoms with Crippen LogP contribution >= 0.6 is 47.8 Å². The van der Waals surface area contributed by atoms with E-state index in [1.165, 1.54) is 0 Å². The van der Waals surface area contributed by atoms with Crippen molar-refractivity contribution in [2.24, 2.45) is 0 Å². The first-order valence-corrected chi connectivity index (χ1v) is 8.12. The molecule has 0 unspecified atom stereocenters. The maximum Gasteiger partial charge on any atom is 0.228 e. The van der Waals surface area contributed by atoms with Gasteiger partial charge in [0.1, 0.15) is 0 Å². The van der Waals surface area contributed by atoms with Gasteiger partial charge in [0.05, 0.1) is 12.1 Å². The topological polar surface area (TPSA) is 55.1 Å². The maximum absolute atomic E-state index is 12.1. The number of carbonyl (C=O) groups is 1. The Morgan fingerprint density at radius 1 is 1.10 bits per heavy atom. The van der Waals surface area contributed by atoms with Crippen LogP contribution in [0, 0.1) is 0 Å². The number of carbonyl (C=O) groups excluding carboxylic acids is 1. The molecule has 3 nitrogen and oxygen atoms in total. The molecule has 0 radical (unpaired) electrons. The Hall–Kier alpha value is -0.850. The fourth-order valence-electron chi connectivity index (χ4n) is 1.73. The van der Waals surface area contributed by atoms with Crippen LogP contribution in [0.25, 0.3) is 0 Å². The fourth-order valence-corrected chi connectivity index (χ4v) is 3.59. The van der Waals surface area contributed by atoms with Crippen LogP contribution in [-0.4, -0.2) is 5.91 Å². The molecule has 0 aromatic heterocycles. The van der Waals surface area contributed by atoms with Gasteiger partial charge in [-0.1, -0.05) is 28.1 Å². The molecule has 0 atom stereocenters. The van der Waals surface area contributed by atoms with Gasteiger partial charge >= 0.3 is 0 Å². The highest BCUT2D eigenvalue weighted by atomic mass is 79.9. The van der Waals surface area contributed by atoms with Crippen LogP contribution in [0.3, 0.4) is 0 Å². The zero-order valence-electron chi connectivity index (χ0n) is 10.3. The van der Waals surface area contributed by atoms with Crippen LogP contribution < -0.4 is 11.1 Å². The van der Waals surface area contributed by atoms with Crippen molar-refractivity contribution >= 4 is 65.1 Å². The summed E-state index contributed by atoms with van der Waals surface area (Å²) < 4.78 is 2.44. The smallest absolute Gasteiger partial charge is 0.228 e. The number of anilines is 2. The summed E-state index contributed by atoms with van der Waals surface area (Å²) in [6, 6.07) is 11.2. The summed E-state index contributed by atoms with van der Waals surface area (Å²) in [5.74, 6) is -0.0886. The summed E-state index contributed by atoms with van der Waals surface area (Å²) in [5.41, 5.74) is 7.96. The Morgan fingerprint density at radius 3 is 2.35 bits per heavy atom. The third-order valence-corrected chi connectivity index (χ3v) is 4.33. The summed E-state index contributed by atoms with van der Waals surface area (Å²) in [4.78, 5) is 12.1. The van der Waals surface area contributed by atoms with Gasteiger partial charge in [-0.15, -0.1) is 0 Å². The van der Waals surface area contributed by atoms with Crippen molar-refractivity contribution in [1.82, 2.24) is 0 Å². The van der Waals surface area contributed by atoms with Crippen LogP contribution in [0.4, 0.5) is 11.4 Å². The first-order valence-electron chi connectivity index (χ1n) is 5.74. The number of benzene rings is 2. The second-order valence-electron chi connectivity index (χ2n) is 4.21. The Morgan fingerprint density at radius 2 is 1.75 bits per heavy atom. The zero-order valence-corrected chi connectivity index (χ0v) is 15.0. The predicted octanol–water partition coefficient (Wildman–Crippen LogP) is 4.74. The molecule has 0 saturated heterocycles. The molecule has 6 heteroatoms. The lowest BCUT2D eigenvalue weighted by Gasteiger charge is -2.11. The van der Waals surface area contributed by atoms with E-state index in [2.05, 4.69) is 53.1 Å². The van der Waals surface area contributed by atoms with Crippen LogP contribution in [0.15, 0.2) is 49.8 Å². The fraction of sp³-hybridized carbons (Fsp3) is 0.0714. The maximum atomic E-state index is 12.1. The van der Waals surface area contributed by atoms with Gasteiger partial charge in [-0.3, -0.25) is 4.79 Å². The van der Waals surface area contributed by atoms with Gasteiger partial charge in [-0.2, -0.15) is 0 Å². The van der Waals surface area contributed by atoms with Crippen molar-refractivity contribution < 1.29 is 4.79 Å². The molecule has 0 bridgehead atoms. The molecule has 1 amide bonds. The summed E-state index contributed by atoms with van der Waals surface area (Å²) in [7, 11) is 0. The van der Waals surface area contributed by atoms with Gasteiger partial charge < -0.3 is 11.1 Å². The van der Waals surface area contributed by atoms with Gasteiger partial charge in [0.25, 0.3) is 0 Å². The van der Waals surface area contributed by atoms with E-state index in [1.54, 1.807) is 12.1 Å². The van der Waals surface area contributed by atoms with E-state index < -0.39 is 0 Å². The lowest BCUT2D eigenvalue weighted by Crippen LogP contribution is -2.15. The molecular formula is C14H11Br3N2O. The summed E-state index contributed by atoms with van der Waals surface area (Å²) in [6.45, 7) is 0. The molecular weight excluding hydrogens is 452 g/mol. The number of hydrogen-bond acceptors (Lipinski definition) is 2. The van der Waals surface area contributed by atoms with E-state index in [9.17, 15) is 4.79 Å². The van der Waals surface area contributed by atoms with Crippen molar-refractivity contribution in [2.75, 3.05) is 11.1 Å². The van der Waals surface area contributed by atoms with Crippen molar-refractivity contribution in [3.8, 4) is 0 Å². The van der Waals surface area contributed by atoms with Gasteiger partial charge in [0, 0.05) is 19.1 Å². The monoisotopic (exact) mass is 460 g/mol. The molecule has 2 rings (SSSR count). The van der Waals surface area contributed by atoms with E-state index in [4.69, 9.17) is 5.73 Å². The molecule has 0 heterocycles. The minimum atomic E-state index is -0.0886. The number of nitrogens with one attached hydrogen (secondary N) is 1. The molecule has 0 aliphatic rings. The molecule has 0 aliphatic carbocycles. The lowest BCUT2D eigenvalue weighted by molar-refractivity contribution is -0.115. The van der Waals surface area contributed by atoms with E-state index in [0.717, 1.165) is 19.0 Å². The van der Waals surface area contributed by atoms with Gasteiger partial charge in [0.2, 0.25) is 5.91 Å². The minimum absolute atomic E-state index is 0.0886. The average molecular weight is 463 g/mol. The first-order chi connectivity index (χ1) is 9.45. The number of amides is 1. The van der Waals surface area contributed by atoms with Crippen molar-refractivity contribution in [3.63, 3.8) is 0 Å². The highest BCUT2D eigenvalue weighted by molar-refractivity contribution is 9.11. The molecule has 0 fully saturated rings. The molecule has 0 aliphatic heterocycles. The van der Waals surface area contributed by atoms with Crippen LogP contribution in [0.5, 0.6) is 0 Å². The highest BCUT2D eigenvalue weighted by Crippen LogP contribution is 2.33. The zero-order chi connectivity index (χ0) is 14.7. The second kappa shape index (κ2) is 6.74. The second-order valence-corrected chi connectivity index (χ2v) is 6.84. The predicted molar refractivity (Wildman–Crippen MR) is 92.7 cm³/mol. The Labute approximate surface area is 142 Å². The number of nitrogens with two attached hydrogens (primary N) is 1. The van der Waals surface area contributed by atoms with Crippen LogP contribution in [0.2, 0.25) is 0 Å². The molecule has 104 valence electrons. The Bertz CT molecular complexity index is 636. The normalized spacial score (nSPS) is 10.3. The van der Waals surface area contributed by atoms with Crippen molar-refractivity contribution in [2.45, 2.75) is 6.42 Å².